The molecule has 0 aliphatic heterocycles. The Morgan fingerprint density at radius 1 is 0.917 bits per heavy atom. The summed E-state index contributed by atoms with van der Waals surface area (Å²) in [5, 5.41) is 8.31. The van der Waals surface area contributed by atoms with Crippen molar-refractivity contribution in [2.75, 3.05) is 0 Å². The minimum Gasteiger partial charge on any atom is -0.351 e. The van der Waals surface area contributed by atoms with E-state index in [-0.39, 0.29) is 22.2 Å². The quantitative estimate of drug-likeness (QED) is 0.343. The predicted octanol–water partition coefficient (Wildman–Crippen LogP) is 5.04. The SMILES string of the molecule is Cc1ccc2[nH]c(C(=O)NCc3ccc(S(=O)(=O)c4cccc(-n5nc(C)cc5C)c4)cc3)cc2c1. The van der Waals surface area contributed by atoms with E-state index in [2.05, 4.69) is 15.4 Å². The fourth-order valence-electron chi connectivity index (χ4n) is 4.25. The number of aromatic amines is 1. The first-order valence-electron chi connectivity index (χ1n) is 11.6. The number of carbonyl (C=O) groups is 1. The standard InChI is InChI=1S/C28H26N4O3S/c1-18-7-12-26-22(13-18)15-27(30-26)28(33)29-17-21-8-10-24(11-9-21)36(34,35)25-6-4-5-23(16-25)32-20(3)14-19(2)31-32/h4-16,30H,17H2,1-3H3,(H,29,33). The molecule has 0 saturated carbocycles. The van der Waals surface area contributed by atoms with Crippen molar-refractivity contribution in [3.63, 3.8) is 0 Å². The van der Waals surface area contributed by atoms with Gasteiger partial charge in [0, 0.05) is 23.1 Å². The van der Waals surface area contributed by atoms with Crippen LogP contribution < -0.4 is 5.32 Å². The van der Waals surface area contributed by atoms with Crippen LogP contribution in [0.4, 0.5) is 0 Å². The number of carbonyl (C=O) groups excluding carboxylic acids is 1. The van der Waals surface area contributed by atoms with E-state index < -0.39 is 9.84 Å². The average molecular weight is 499 g/mol. The van der Waals surface area contributed by atoms with E-state index in [4.69, 9.17) is 0 Å². The summed E-state index contributed by atoms with van der Waals surface area (Å²) < 4.78 is 28.3. The fraction of sp³-hybridized carbons (Fsp3) is 0.143. The van der Waals surface area contributed by atoms with Crippen LogP contribution in [0.25, 0.3) is 16.6 Å². The van der Waals surface area contributed by atoms with Crippen molar-refractivity contribution in [2.45, 2.75) is 37.1 Å². The number of aryl methyl sites for hydroxylation is 3. The number of amides is 1. The van der Waals surface area contributed by atoms with Crippen LogP contribution in [0.5, 0.6) is 0 Å². The first-order valence-corrected chi connectivity index (χ1v) is 13.0. The van der Waals surface area contributed by atoms with Crippen molar-refractivity contribution in [1.82, 2.24) is 20.1 Å². The highest BCUT2D eigenvalue weighted by Gasteiger charge is 2.19. The molecule has 0 aliphatic carbocycles. The molecule has 5 aromatic rings. The molecule has 0 saturated heterocycles. The van der Waals surface area contributed by atoms with Gasteiger partial charge in [-0.15, -0.1) is 0 Å². The summed E-state index contributed by atoms with van der Waals surface area (Å²) in [6.07, 6.45) is 0. The van der Waals surface area contributed by atoms with E-state index in [1.807, 2.05) is 57.2 Å². The molecule has 2 aromatic heterocycles. The number of aromatic nitrogens is 3. The summed E-state index contributed by atoms with van der Waals surface area (Å²) in [6, 6.07) is 23.1. The maximum atomic E-state index is 13.3. The van der Waals surface area contributed by atoms with Gasteiger partial charge in [-0.05, 0) is 80.9 Å². The smallest absolute Gasteiger partial charge is 0.267 e. The lowest BCUT2D eigenvalue weighted by atomic mass is 10.2. The van der Waals surface area contributed by atoms with E-state index in [0.29, 0.717) is 11.4 Å². The highest BCUT2D eigenvalue weighted by molar-refractivity contribution is 7.91. The number of nitrogens with zero attached hydrogens (tertiary/aromatic N) is 2. The second kappa shape index (κ2) is 9.13. The van der Waals surface area contributed by atoms with Crippen molar-refractivity contribution in [3.05, 3.63) is 107 Å². The number of hydrogen-bond acceptors (Lipinski definition) is 4. The number of H-pyrrole nitrogens is 1. The Balaban J connectivity index is 1.30. The summed E-state index contributed by atoms with van der Waals surface area (Å²) in [4.78, 5) is 16.1. The lowest BCUT2D eigenvalue weighted by Gasteiger charge is -2.10. The molecule has 7 nitrogen and oxygen atoms in total. The monoisotopic (exact) mass is 498 g/mol. The van der Waals surface area contributed by atoms with Gasteiger partial charge >= 0.3 is 0 Å². The molecule has 182 valence electrons. The molecule has 8 heteroatoms. The van der Waals surface area contributed by atoms with Gasteiger partial charge < -0.3 is 10.3 Å². The zero-order valence-electron chi connectivity index (χ0n) is 20.2. The van der Waals surface area contributed by atoms with Gasteiger partial charge in [-0.2, -0.15) is 5.10 Å². The molecule has 0 fully saturated rings. The second-order valence-corrected chi connectivity index (χ2v) is 10.9. The maximum Gasteiger partial charge on any atom is 0.267 e. The zero-order chi connectivity index (χ0) is 25.4. The minimum absolute atomic E-state index is 0.189. The predicted molar refractivity (Wildman–Crippen MR) is 139 cm³/mol. The summed E-state index contributed by atoms with van der Waals surface area (Å²) >= 11 is 0. The lowest BCUT2D eigenvalue weighted by molar-refractivity contribution is 0.0946. The molecular formula is C28H26N4O3S. The van der Waals surface area contributed by atoms with Gasteiger partial charge in [0.05, 0.1) is 21.2 Å². The Bertz CT molecular complexity index is 1700. The molecule has 36 heavy (non-hydrogen) atoms. The zero-order valence-corrected chi connectivity index (χ0v) is 21.1. The Morgan fingerprint density at radius 2 is 1.69 bits per heavy atom. The topological polar surface area (TPSA) is 96.9 Å². The summed E-state index contributed by atoms with van der Waals surface area (Å²) in [7, 11) is -3.72. The molecular weight excluding hydrogens is 472 g/mol. The van der Waals surface area contributed by atoms with Crippen LogP contribution in [-0.4, -0.2) is 29.1 Å². The molecule has 0 radical (unpaired) electrons. The third kappa shape index (κ3) is 4.55. The van der Waals surface area contributed by atoms with Crippen molar-refractivity contribution >= 4 is 26.6 Å². The Morgan fingerprint density at radius 3 is 2.42 bits per heavy atom. The number of sulfone groups is 1. The first kappa shape index (κ1) is 23.6. The summed E-state index contributed by atoms with van der Waals surface area (Å²) in [6.45, 7) is 6.11. The van der Waals surface area contributed by atoms with Crippen LogP contribution in [0, 0.1) is 20.8 Å². The van der Waals surface area contributed by atoms with Gasteiger partial charge in [-0.25, -0.2) is 13.1 Å². The van der Waals surface area contributed by atoms with Crippen molar-refractivity contribution in [2.24, 2.45) is 0 Å². The molecule has 0 atom stereocenters. The largest absolute Gasteiger partial charge is 0.351 e. The lowest BCUT2D eigenvalue weighted by Crippen LogP contribution is -2.23. The molecule has 0 unspecified atom stereocenters. The van der Waals surface area contributed by atoms with Crippen molar-refractivity contribution in [1.29, 1.82) is 0 Å². The van der Waals surface area contributed by atoms with E-state index >= 15 is 0 Å². The Kier molecular flexibility index (Phi) is 5.97. The summed E-state index contributed by atoms with van der Waals surface area (Å²) in [5.41, 5.74) is 5.79. The fourth-order valence-corrected chi connectivity index (χ4v) is 5.55. The third-order valence-corrected chi connectivity index (χ3v) is 7.86. The van der Waals surface area contributed by atoms with E-state index in [9.17, 15) is 13.2 Å². The Hall–Kier alpha value is -4.17. The van der Waals surface area contributed by atoms with Crippen LogP contribution in [0.1, 0.15) is 33.0 Å². The molecule has 2 N–H and O–H groups in total. The van der Waals surface area contributed by atoms with E-state index in [1.54, 1.807) is 47.1 Å². The first-order chi connectivity index (χ1) is 17.2. The highest BCUT2D eigenvalue weighted by Crippen LogP contribution is 2.24. The number of benzene rings is 3. The summed E-state index contributed by atoms with van der Waals surface area (Å²) in [5.74, 6) is -0.221. The van der Waals surface area contributed by atoms with Crippen LogP contribution in [0.3, 0.4) is 0 Å². The normalized spacial score (nSPS) is 11.6. The van der Waals surface area contributed by atoms with Gasteiger partial charge in [-0.1, -0.05) is 29.8 Å². The molecule has 0 spiro atoms. The van der Waals surface area contributed by atoms with Crippen LogP contribution >= 0.6 is 0 Å². The van der Waals surface area contributed by atoms with Gasteiger partial charge in [0.2, 0.25) is 9.84 Å². The average Bonchev–Trinajstić information content (AvgIpc) is 3.44. The molecule has 1 amide bonds. The maximum absolute atomic E-state index is 13.3. The number of fused-ring (bicyclic) bond motifs is 1. The number of hydrogen-bond donors (Lipinski definition) is 2. The Labute approximate surface area is 209 Å². The van der Waals surface area contributed by atoms with Gasteiger partial charge in [0.25, 0.3) is 5.91 Å². The molecule has 2 heterocycles. The van der Waals surface area contributed by atoms with Crippen LogP contribution in [0.2, 0.25) is 0 Å². The van der Waals surface area contributed by atoms with Crippen LogP contribution in [-0.2, 0) is 16.4 Å². The van der Waals surface area contributed by atoms with E-state index in [1.165, 1.54) is 0 Å². The molecule has 0 aliphatic rings. The highest BCUT2D eigenvalue weighted by atomic mass is 32.2. The van der Waals surface area contributed by atoms with Gasteiger partial charge in [-0.3, -0.25) is 4.79 Å². The van der Waals surface area contributed by atoms with E-state index in [0.717, 1.165) is 33.4 Å². The number of nitrogens with one attached hydrogen (secondary N) is 2. The van der Waals surface area contributed by atoms with Gasteiger partial charge in [0.1, 0.15) is 5.69 Å². The minimum atomic E-state index is -3.72. The molecule has 3 aromatic carbocycles. The number of rotatable bonds is 6. The van der Waals surface area contributed by atoms with Crippen molar-refractivity contribution < 1.29 is 13.2 Å². The molecule has 0 bridgehead atoms. The van der Waals surface area contributed by atoms with Gasteiger partial charge in [0.15, 0.2) is 0 Å². The third-order valence-electron chi connectivity index (χ3n) is 6.09. The van der Waals surface area contributed by atoms with Crippen molar-refractivity contribution in [3.8, 4) is 5.69 Å². The van der Waals surface area contributed by atoms with Crippen LogP contribution in [0.15, 0.2) is 88.7 Å². The molecule has 5 rings (SSSR count). The second-order valence-electron chi connectivity index (χ2n) is 8.94.